The molecule has 1 N–H and O–H groups in total. The van der Waals surface area contributed by atoms with Crippen molar-refractivity contribution in [1.82, 2.24) is 0 Å². The zero-order valence-electron chi connectivity index (χ0n) is 19.8. The zero-order chi connectivity index (χ0) is 23.9. The molecule has 2 nitrogen and oxygen atoms in total. The molecule has 5 rings (SSSR count). The Morgan fingerprint density at radius 1 is 0.853 bits per heavy atom. The van der Waals surface area contributed by atoms with Gasteiger partial charge in [0, 0.05) is 0 Å². The van der Waals surface area contributed by atoms with Crippen LogP contribution in [0, 0.1) is 6.92 Å². The quantitative estimate of drug-likeness (QED) is 0.323. The van der Waals surface area contributed by atoms with E-state index in [9.17, 15) is 9.90 Å². The molecular weight excluding hydrogens is 416 g/mol. The van der Waals surface area contributed by atoms with Crippen LogP contribution in [0.15, 0.2) is 84.9 Å². The van der Waals surface area contributed by atoms with Crippen molar-refractivity contribution in [1.29, 1.82) is 0 Å². The van der Waals surface area contributed by atoms with Gasteiger partial charge in [0.2, 0.25) is 0 Å². The van der Waals surface area contributed by atoms with Gasteiger partial charge in [0.25, 0.3) is 0 Å². The number of benzene rings is 4. The molecule has 4 aromatic carbocycles. The Labute approximate surface area is 200 Å². The van der Waals surface area contributed by atoms with Gasteiger partial charge in [0.05, 0.1) is 5.56 Å². The van der Waals surface area contributed by atoms with Crippen LogP contribution in [0.2, 0.25) is 0 Å². The van der Waals surface area contributed by atoms with Gasteiger partial charge in [-0.05, 0) is 80.6 Å². The van der Waals surface area contributed by atoms with Crippen LogP contribution in [0.25, 0.3) is 28.5 Å². The van der Waals surface area contributed by atoms with Gasteiger partial charge in [0.1, 0.15) is 0 Å². The van der Waals surface area contributed by atoms with E-state index in [2.05, 4.69) is 92.7 Å². The number of allylic oxidation sites excluding steroid dienone is 1. The fourth-order valence-electron chi connectivity index (χ4n) is 4.99. The topological polar surface area (TPSA) is 37.3 Å². The van der Waals surface area contributed by atoms with E-state index in [4.69, 9.17) is 0 Å². The second-order valence-electron chi connectivity index (χ2n) is 9.75. The summed E-state index contributed by atoms with van der Waals surface area (Å²) in [5.41, 5.74) is 8.53. The maximum atomic E-state index is 11.3. The smallest absolute Gasteiger partial charge is 0.335 e. The van der Waals surface area contributed by atoms with Crippen molar-refractivity contribution in [3.05, 3.63) is 124 Å². The Bertz CT molecular complexity index is 1480. The molecule has 0 saturated carbocycles. The highest BCUT2D eigenvalue weighted by atomic mass is 16.4. The molecule has 1 aliphatic rings. The highest BCUT2D eigenvalue weighted by molar-refractivity contribution is 5.99. The molecule has 0 fully saturated rings. The normalized spacial score (nSPS) is 14.7. The lowest BCUT2D eigenvalue weighted by molar-refractivity contribution is 0.0696. The molecule has 0 aromatic heterocycles. The third-order valence-corrected chi connectivity index (χ3v) is 6.91. The lowest BCUT2D eigenvalue weighted by Gasteiger charge is -2.33. The van der Waals surface area contributed by atoms with E-state index >= 15 is 0 Å². The van der Waals surface area contributed by atoms with Crippen LogP contribution in [0.5, 0.6) is 0 Å². The first-order valence-corrected chi connectivity index (χ1v) is 11.7. The molecule has 0 amide bonds. The predicted molar refractivity (Wildman–Crippen MR) is 142 cm³/mol. The van der Waals surface area contributed by atoms with Gasteiger partial charge in [-0.3, -0.25) is 0 Å². The SMILES string of the molecule is Cc1cc(/C=C/c2ccc3c(c2)C(c2cccc4ccccc24)=CCC3(C)C)ccc1C(=O)O. The molecule has 34 heavy (non-hydrogen) atoms. The first-order valence-electron chi connectivity index (χ1n) is 11.7. The largest absolute Gasteiger partial charge is 0.478 e. The number of carbonyl (C=O) groups is 1. The summed E-state index contributed by atoms with van der Waals surface area (Å²) >= 11 is 0. The van der Waals surface area contributed by atoms with Crippen molar-refractivity contribution in [3.8, 4) is 0 Å². The summed E-state index contributed by atoms with van der Waals surface area (Å²) in [6, 6.07) is 27.3. The average Bonchev–Trinajstić information content (AvgIpc) is 2.82. The Kier molecular flexibility index (Phi) is 5.45. The summed E-state index contributed by atoms with van der Waals surface area (Å²) in [5, 5.41) is 11.8. The summed E-state index contributed by atoms with van der Waals surface area (Å²) in [7, 11) is 0. The van der Waals surface area contributed by atoms with E-state index in [1.165, 1.54) is 33.0 Å². The van der Waals surface area contributed by atoms with Gasteiger partial charge in [0.15, 0.2) is 0 Å². The minimum absolute atomic E-state index is 0.0788. The Balaban J connectivity index is 1.57. The lowest BCUT2D eigenvalue weighted by Crippen LogP contribution is -2.22. The molecule has 0 aliphatic heterocycles. The first kappa shape index (κ1) is 21.9. The van der Waals surface area contributed by atoms with E-state index in [0.29, 0.717) is 5.56 Å². The van der Waals surface area contributed by atoms with Gasteiger partial charge < -0.3 is 5.11 Å². The molecule has 0 heterocycles. The molecule has 4 aromatic rings. The zero-order valence-corrected chi connectivity index (χ0v) is 19.8. The van der Waals surface area contributed by atoms with Gasteiger partial charge in [-0.1, -0.05) is 98.8 Å². The first-order chi connectivity index (χ1) is 16.3. The maximum absolute atomic E-state index is 11.3. The van der Waals surface area contributed by atoms with Crippen LogP contribution in [-0.2, 0) is 5.41 Å². The molecule has 0 bridgehead atoms. The third kappa shape index (κ3) is 3.97. The number of carboxylic acids is 1. The van der Waals surface area contributed by atoms with E-state index in [-0.39, 0.29) is 5.41 Å². The monoisotopic (exact) mass is 444 g/mol. The van der Waals surface area contributed by atoms with Crippen molar-refractivity contribution in [2.24, 2.45) is 0 Å². The molecule has 0 saturated heterocycles. The van der Waals surface area contributed by atoms with Gasteiger partial charge in [-0.2, -0.15) is 0 Å². The number of aryl methyl sites for hydroxylation is 1. The van der Waals surface area contributed by atoms with Crippen LogP contribution in [0.1, 0.15) is 64.0 Å². The number of aromatic carboxylic acids is 1. The van der Waals surface area contributed by atoms with E-state index in [0.717, 1.165) is 23.1 Å². The molecule has 2 heteroatoms. The van der Waals surface area contributed by atoms with Crippen molar-refractivity contribution in [2.75, 3.05) is 0 Å². The Hall–Kier alpha value is -3.91. The highest BCUT2D eigenvalue weighted by Gasteiger charge is 2.29. The Morgan fingerprint density at radius 2 is 1.56 bits per heavy atom. The second kappa shape index (κ2) is 8.46. The van der Waals surface area contributed by atoms with Crippen LogP contribution >= 0.6 is 0 Å². The van der Waals surface area contributed by atoms with Crippen LogP contribution < -0.4 is 0 Å². The van der Waals surface area contributed by atoms with E-state index in [1.807, 2.05) is 19.1 Å². The molecule has 0 unspecified atom stereocenters. The Morgan fingerprint density at radius 3 is 2.32 bits per heavy atom. The summed E-state index contributed by atoms with van der Waals surface area (Å²) in [6.07, 6.45) is 7.56. The van der Waals surface area contributed by atoms with Crippen LogP contribution in [-0.4, -0.2) is 11.1 Å². The molecular formula is C32H28O2. The molecule has 168 valence electrons. The van der Waals surface area contributed by atoms with Crippen molar-refractivity contribution in [2.45, 2.75) is 32.6 Å². The summed E-state index contributed by atoms with van der Waals surface area (Å²) in [5.74, 6) is -0.891. The van der Waals surface area contributed by atoms with Crippen molar-refractivity contribution < 1.29 is 9.90 Å². The maximum Gasteiger partial charge on any atom is 0.335 e. The summed E-state index contributed by atoms with van der Waals surface area (Å²) in [4.78, 5) is 11.3. The molecule has 0 spiro atoms. The van der Waals surface area contributed by atoms with Gasteiger partial charge >= 0.3 is 5.97 Å². The van der Waals surface area contributed by atoms with Crippen molar-refractivity contribution >= 4 is 34.5 Å². The van der Waals surface area contributed by atoms with Crippen molar-refractivity contribution in [3.63, 3.8) is 0 Å². The fraction of sp³-hybridized carbons (Fsp3) is 0.156. The fourth-order valence-corrected chi connectivity index (χ4v) is 4.99. The number of hydrogen-bond donors (Lipinski definition) is 1. The second-order valence-corrected chi connectivity index (χ2v) is 9.75. The summed E-state index contributed by atoms with van der Waals surface area (Å²) in [6.45, 7) is 6.46. The summed E-state index contributed by atoms with van der Waals surface area (Å²) < 4.78 is 0. The van der Waals surface area contributed by atoms with Gasteiger partial charge in [-0.25, -0.2) is 4.79 Å². The third-order valence-electron chi connectivity index (χ3n) is 6.91. The number of rotatable bonds is 4. The van der Waals surface area contributed by atoms with E-state index < -0.39 is 5.97 Å². The van der Waals surface area contributed by atoms with Crippen LogP contribution in [0.3, 0.4) is 0 Å². The van der Waals surface area contributed by atoms with Gasteiger partial charge in [-0.15, -0.1) is 0 Å². The highest BCUT2D eigenvalue weighted by Crippen LogP contribution is 2.43. The molecule has 0 atom stereocenters. The minimum atomic E-state index is -0.891. The number of fused-ring (bicyclic) bond motifs is 2. The van der Waals surface area contributed by atoms with Crippen LogP contribution in [0.4, 0.5) is 0 Å². The standard InChI is InChI=1S/C32H28O2/c1-21-19-22(13-15-25(21)31(33)34)11-12-23-14-16-30-29(20-23)28(17-18-32(30,2)3)27-10-6-8-24-7-4-5-9-26(24)27/h4-17,19-20H,18H2,1-3H3,(H,33,34)/b12-11+. The average molecular weight is 445 g/mol. The number of hydrogen-bond acceptors (Lipinski definition) is 1. The molecule has 0 radical (unpaired) electrons. The lowest BCUT2D eigenvalue weighted by atomic mass is 9.71. The number of carboxylic acid groups (broad SMARTS) is 1. The minimum Gasteiger partial charge on any atom is -0.478 e. The molecule has 1 aliphatic carbocycles. The van der Waals surface area contributed by atoms with E-state index in [1.54, 1.807) is 6.07 Å². The predicted octanol–water partition coefficient (Wildman–Crippen LogP) is 8.13.